The van der Waals surface area contributed by atoms with Crippen molar-refractivity contribution >= 4 is 27.5 Å². The van der Waals surface area contributed by atoms with Gasteiger partial charge in [0.25, 0.3) is 5.91 Å². The summed E-state index contributed by atoms with van der Waals surface area (Å²) in [5.74, 6) is -0.376. The van der Waals surface area contributed by atoms with Crippen LogP contribution in [0.3, 0.4) is 0 Å². The molecule has 0 unspecified atom stereocenters. The molecular formula is C18H25ClN2O4S. The van der Waals surface area contributed by atoms with E-state index in [1.165, 1.54) is 22.5 Å². The van der Waals surface area contributed by atoms with Crippen LogP contribution in [0.1, 0.15) is 48.9 Å². The lowest BCUT2D eigenvalue weighted by Gasteiger charge is -2.20. The van der Waals surface area contributed by atoms with Crippen molar-refractivity contribution in [1.82, 2.24) is 9.62 Å². The molecule has 3 rings (SSSR count). The highest BCUT2D eigenvalue weighted by Crippen LogP contribution is 2.25. The summed E-state index contributed by atoms with van der Waals surface area (Å²) in [6, 6.07) is 4.33. The van der Waals surface area contributed by atoms with Crippen LogP contribution < -0.4 is 5.32 Å². The first-order chi connectivity index (χ1) is 12.5. The Hall–Kier alpha value is -1.15. The fourth-order valence-corrected chi connectivity index (χ4v) is 5.12. The Morgan fingerprint density at radius 2 is 1.92 bits per heavy atom. The lowest BCUT2D eigenvalue weighted by atomic mass is 10.2. The monoisotopic (exact) mass is 400 g/mol. The van der Waals surface area contributed by atoms with E-state index in [0.717, 1.165) is 38.5 Å². The van der Waals surface area contributed by atoms with Gasteiger partial charge in [-0.25, -0.2) is 8.42 Å². The largest absolute Gasteiger partial charge is 0.376 e. The lowest BCUT2D eigenvalue weighted by Crippen LogP contribution is -2.33. The minimum absolute atomic E-state index is 0.0155. The molecule has 1 atom stereocenters. The second-order valence-corrected chi connectivity index (χ2v) is 9.15. The summed E-state index contributed by atoms with van der Waals surface area (Å²) in [7, 11) is -3.62. The van der Waals surface area contributed by atoms with Crippen LogP contribution in [-0.4, -0.2) is 51.0 Å². The molecule has 1 N–H and O–H groups in total. The van der Waals surface area contributed by atoms with Crippen molar-refractivity contribution < 1.29 is 17.9 Å². The zero-order valence-corrected chi connectivity index (χ0v) is 16.3. The number of carbonyl (C=O) groups is 1. The first-order valence-corrected chi connectivity index (χ1v) is 11.0. The Morgan fingerprint density at radius 1 is 1.19 bits per heavy atom. The number of nitrogens with one attached hydrogen (secondary N) is 1. The van der Waals surface area contributed by atoms with Gasteiger partial charge in [-0.2, -0.15) is 4.31 Å². The van der Waals surface area contributed by atoms with Crippen molar-refractivity contribution in [2.75, 3.05) is 26.2 Å². The maximum absolute atomic E-state index is 12.9. The maximum atomic E-state index is 12.9. The summed E-state index contributed by atoms with van der Waals surface area (Å²) >= 11 is 6.15. The third-order valence-corrected chi connectivity index (χ3v) is 7.12. The number of carbonyl (C=O) groups excluding carboxylic acids is 1. The molecular weight excluding hydrogens is 376 g/mol. The number of hydrogen-bond acceptors (Lipinski definition) is 4. The van der Waals surface area contributed by atoms with Gasteiger partial charge in [0.05, 0.1) is 21.6 Å². The standard InChI is InChI=1S/C18H25ClN2O4S/c19-17-8-7-15(26(23,24)21-9-3-1-2-4-10-21)12-16(17)18(22)20-13-14-6-5-11-25-14/h7-8,12,14H,1-6,9-11,13H2,(H,20,22)/t14-/m1/s1. The molecule has 0 aromatic heterocycles. The molecule has 1 aromatic carbocycles. The Kier molecular flexibility index (Phi) is 6.55. The molecule has 1 aromatic rings. The Balaban J connectivity index is 1.76. The fourth-order valence-electron chi connectivity index (χ4n) is 3.38. The van der Waals surface area contributed by atoms with E-state index in [-0.39, 0.29) is 27.5 Å². The molecule has 2 aliphatic rings. The molecule has 26 heavy (non-hydrogen) atoms. The average Bonchev–Trinajstić information content (AvgIpc) is 2.99. The molecule has 8 heteroatoms. The fraction of sp³-hybridized carbons (Fsp3) is 0.611. The summed E-state index contributed by atoms with van der Waals surface area (Å²) in [5.41, 5.74) is 0.181. The number of rotatable bonds is 5. The van der Waals surface area contributed by atoms with Crippen LogP contribution >= 0.6 is 11.6 Å². The average molecular weight is 401 g/mol. The highest BCUT2D eigenvalue weighted by molar-refractivity contribution is 7.89. The maximum Gasteiger partial charge on any atom is 0.252 e. The van der Waals surface area contributed by atoms with Gasteiger partial charge in [-0.05, 0) is 43.9 Å². The van der Waals surface area contributed by atoms with E-state index >= 15 is 0 Å². The van der Waals surface area contributed by atoms with Crippen LogP contribution in [-0.2, 0) is 14.8 Å². The van der Waals surface area contributed by atoms with Crippen molar-refractivity contribution in [2.45, 2.75) is 49.5 Å². The Morgan fingerprint density at radius 3 is 2.58 bits per heavy atom. The van der Waals surface area contributed by atoms with Crippen molar-refractivity contribution in [1.29, 1.82) is 0 Å². The zero-order chi connectivity index (χ0) is 18.6. The molecule has 2 saturated heterocycles. The van der Waals surface area contributed by atoms with Gasteiger partial charge >= 0.3 is 0 Å². The zero-order valence-electron chi connectivity index (χ0n) is 14.7. The van der Waals surface area contributed by atoms with Gasteiger partial charge in [0, 0.05) is 26.2 Å². The van der Waals surface area contributed by atoms with Gasteiger partial charge < -0.3 is 10.1 Å². The van der Waals surface area contributed by atoms with Crippen LogP contribution in [0.4, 0.5) is 0 Å². The van der Waals surface area contributed by atoms with Crippen molar-refractivity contribution in [3.05, 3.63) is 28.8 Å². The van der Waals surface area contributed by atoms with Gasteiger partial charge in [-0.15, -0.1) is 0 Å². The summed E-state index contributed by atoms with van der Waals surface area (Å²) in [5, 5.41) is 3.03. The lowest BCUT2D eigenvalue weighted by molar-refractivity contribution is 0.0857. The van der Waals surface area contributed by atoms with Crippen molar-refractivity contribution in [3.63, 3.8) is 0 Å². The summed E-state index contributed by atoms with van der Waals surface area (Å²) in [6.07, 6.45) is 5.74. The quantitative estimate of drug-likeness (QED) is 0.824. The molecule has 0 radical (unpaired) electrons. The molecule has 2 fully saturated rings. The van der Waals surface area contributed by atoms with Gasteiger partial charge in [-0.1, -0.05) is 24.4 Å². The van der Waals surface area contributed by atoms with Crippen LogP contribution in [0.15, 0.2) is 23.1 Å². The van der Waals surface area contributed by atoms with E-state index in [1.807, 2.05) is 0 Å². The van der Waals surface area contributed by atoms with Gasteiger partial charge in [0.1, 0.15) is 0 Å². The van der Waals surface area contributed by atoms with Crippen LogP contribution in [0.5, 0.6) is 0 Å². The summed E-state index contributed by atoms with van der Waals surface area (Å²) < 4.78 is 32.8. The molecule has 0 aliphatic carbocycles. The van der Waals surface area contributed by atoms with Crippen LogP contribution in [0, 0.1) is 0 Å². The number of amides is 1. The van der Waals surface area contributed by atoms with Crippen LogP contribution in [0.25, 0.3) is 0 Å². The predicted molar refractivity (Wildman–Crippen MR) is 100.0 cm³/mol. The van der Waals surface area contributed by atoms with Crippen molar-refractivity contribution in [2.24, 2.45) is 0 Å². The minimum Gasteiger partial charge on any atom is -0.376 e. The molecule has 0 spiro atoms. The van der Waals surface area contributed by atoms with E-state index < -0.39 is 10.0 Å². The van der Waals surface area contributed by atoms with Gasteiger partial charge in [0.15, 0.2) is 0 Å². The minimum atomic E-state index is -3.62. The first-order valence-electron chi connectivity index (χ1n) is 9.18. The van der Waals surface area contributed by atoms with E-state index in [4.69, 9.17) is 16.3 Å². The van der Waals surface area contributed by atoms with Crippen LogP contribution in [0.2, 0.25) is 5.02 Å². The second kappa shape index (κ2) is 8.69. The van der Waals surface area contributed by atoms with E-state index in [9.17, 15) is 13.2 Å². The molecule has 0 saturated carbocycles. The third kappa shape index (κ3) is 4.57. The molecule has 144 valence electrons. The van der Waals surface area contributed by atoms with Gasteiger partial charge in [-0.3, -0.25) is 4.79 Å². The third-order valence-electron chi connectivity index (χ3n) is 4.90. The second-order valence-electron chi connectivity index (χ2n) is 6.81. The number of nitrogens with zero attached hydrogens (tertiary/aromatic N) is 1. The van der Waals surface area contributed by atoms with E-state index in [1.54, 1.807) is 0 Å². The van der Waals surface area contributed by atoms with E-state index in [0.29, 0.717) is 26.2 Å². The molecule has 2 heterocycles. The number of benzene rings is 1. The smallest absolute Gasteiger partial charge is 0.252 e. The Labute approximate surface area is 159 Å². The molecule has 6 nitrogen and oxygen atoms in total. The highest BCUT2D eigenvalue weighted by Gasteiger charge is 2.27. The highest BCUT2D eigenvalue weighted by atomic mass is 35.5. The summed E-state index contributed by atoms with van der Waals surface area (Å²) in [4.78, 5) is 12.6. The number of hydrogen-bond donors (Lipinski definition) is 1. The molecule has 0 bridgehead atoms. The number of ether oxygens (including phenoxy) is 1. The Bertz CT molecular complexity index is 740. The van der Waals surface area contributed by atoms with E-state index in [2.05, 4.69) is 5.32 Å². The van der Waals surface area contributed by atoms with Gasteiger partial charge in [0.2, 0.25) is 10.0 Å². The predicted octanol–water partition coefficient (Wildman–Crippen LogP) is 2.81. The molecule has 1 amide bonds. The normalized spacial score (nSPS) is 22.1. The first kappa shape index (κ1) is 19.6. The number of halogens is 1. The summed E-state index contributed by atoms with van der Waals surface area (Å²) in [6.45, 7) is 2.15. The number of sulfonamides is 1. The van der Waals surface area contributed by atoms with Crippen molar-refractivity contribution in [3.8, 4) is 0 Å². The SMILES string of the molecule is O=C(NC[C@H]1CCCO1)c1cc(S(=O)(=O)N2CCCCCC2)ccc1Cl. The molecule has 2 aliphatic heterocycles. The topological polar surface area (TPSA) is 75.7 Å².